The van der Waals surface area contributed by atoms with Crippen LogP contribution in [0, 0.1) is 16.7 Å². The Bertz CT molecular complexity index is 784. The zero-order valence-corrected chi connectivity index (χ0v) is 15.0. The quantitative estimate of drug-likeness (QED) is 0.841. The zero-order valence-electron chi connectivity index (χ0n) is 14.2. The van der Waals surface area contributed by atoms with Gasteiger partial charge >= 0.3 is 0 Å². The van der Waals surface area contributed by atoms with Gasteiger partial charge in [0.2, 0.25) is 5.88 Å². The fourth-order valence-electron chi connectivity index (χ4n) is 3.17. The lowest BCUT2D eigenvalue weighted by Gasteiger charge is -2.05. The van der Waals surface area contributed by atoms with Crippen molar-refractivity contribution in [3.63, 3.8) is 0 Å². The molecule has 24 heavy (non-hydrogen) atoms. The molecule has 0 radical (unpaired) electrons. The molecule has 1 saturated carbocycles. The lowest BCUT2D eigenvalue weighted by Crippen LogP contribution is -2.13. The Morgan fingerprint density at radius 2 is 1.96 bits per heavy atom. The topological polar surface area (TPSA) is 83.0 Å². The van der Waals surface area contributed by atoms with Crippen LogP contribution in [0.25, 0.3) is 5.82 Å². The van der Waals surface area contributed by atoms with Gasteiger partial charge in [-0.1, -0.05) is 39.3 Å². The normalized spacial score (nSPS) is 18.4. The van der Waals surface area contributed by atoms with E-state index in [0.29, 0.717) is 24.2 Å². The molecule has 0 aliphatic heterocycles. The minimum Gasteiger partial charge on any atom is -0.476 e. The van der Waals surface area contributed by atoms with Crippen LogP contribution in [-0.4, -0.2) is 27.3 Å². The average Bonchev–Trinajstić information content (AvgIpc) is 2.84. The Hall–Kier alpha value is -2.08. The smallest absolute Gasteiger partial charge is 0.251 e. The van der Waals surface area contributed by atoms with Crippen LogP contribution in [0.5, 0.6) is 5.88 Å². The van der Waals surface area contributed by atoms with Gasteiger partial charge < -0.3 is 10.5 Å². The van der Waals surface area contributed by atoms with E-state index in [1.165, 1.54) is 6.07 Å². The van der Waals surface area contributed by atoms with E-state index in [-0.39, 0.29) is 21.5 Å². The van der Waals surface area contributed by atoms with Crippen molar-refractivity contribution in [2.24, 2.45) is 22.5 Å². The zero-order chi connectivity index (χ0) is 17.7. The van der Waals surface area contributed by atoms with Gasteiger partial charge in [0.1, 0.15) is 5.15 Å². The molecule has 128 valence electrons. The first-order valence-corrected chi connectivity index (χ1v) is 8.17. The predicted molar refractivity (Wildman–Crippen MR) is 91.4 cm³/mol. The molecule has 2 aromatic heterocycles. The van der Waals surface area contributed by atoms with E-state index < -0.39 is 5.91 Å². The number of rotatable bonds is 5. The summed E-state index contributed by atoms with van der Waals surface area (Å²) >= 11 is 5.97. The van der Waals surface area contributed by atoms with E-state index in [1.807, 2.05) is 0 Å². The first-order valence-electron chi connectivity index (χ1n) is 7.80. The molecule has 3 rings (SSSR count). The van der Waals surface area contributed by atoms with Gasteiger partial charge in [-0.25, -0.2) is 9.67 Å². The molecule has 0 spiro atoms. The number of nitrogens with zero attached hydrogens (tertiary/aromatic N) is 3. The number of pyridine rings is 1. The number of carbonyl (C=O) groups excluding carboxylic acids is 1. The molecule has 0 unspecified atom stereocenters. The predicted octanol–water partition coefficient (Wildman–Crippen LogP) is 3.08. The summed E-state index contributed by atoms with van der Waals surface area (Å²) in [5.74, 6) is 0.910. The Balaban J connectivity index is 1.70. The van der Waals surface area contributed by atoms with Crippen LogP contribution in [0.4, 0.5) is 0 Å². The van der Waals surface area contributed by atoms with Crippen molar-refractivity contribution in [2.75, 3.05) is 6.61 Å². The highest BCUT2D eigenvalue weighted by molar-refractivity contribution is 6.32. The van der Waals surface area contributed by atoms with E-state index in [1.54, 1.807) is 23.0 Å². The summed E-state index contributed by atoms with van der Waals surface area (Å²) in [6, 6.07) is 4.94. The number of amides is 1. The summed E-state index contributed by atoms with van der Waals surface area (Å²) in [6.07, 6.45) is 1.74. The molecule has 6 nitrogen and oxygen atoms in total. The van der Waals surface area contributed by atoms with E-state index in [4.69, 9.17) is 22.1 Å². The maximum atomic E-state index is 11.2. The average molecular weight is 349 g/mol. The van der Waals surface area contributed by atoms with Gasteiger partial charge in [0.15, 0.2) is 5.82 Å². The SMILES string of the molecule is CC1(C)C(COc2ccn(-c3ccc(C(N)=O)c(Cl)n3)n2)C1(C)C. The second kappa shape index (κ2) is 5.48. The van der Waals surface area contributed by atoms with Crippen molar-refractivity contribution >= 4 is 17.5 Å². The van der Waals surface area contributed by atoms with Crippen molar-refractivity contribution in [3.05, 3.63) is 35.1 Å². The van der Waals surface area contributed by atoms with E-state index >= 15 is 0 Å². The Morgan fingerprint density at radius 3 is 2.50 bits per heavy atom. The lowest BCUT2D eigenvalue weighted by molar-refractivity contribution is 0.1000. The van der Waals surface area contributed by atoms with Gasteiger partial charge in [0.05, 0.1) is 12.2 Å². The van der Waals surface area contributed by atoms with E-state index in [2.05, 4.69) is 37.8 Å². The Kier molecular flexibility index (Phi) is 3.83. The number of carbonyl (C=O) groups is 1. The molecule has 7 heteroatoms. The molecule has 1 aliphatic rings. The first kappa shape index (κ1) is 16.8. The van der Waals surface area contributed by atoms with Gasteiger partial charge in [-0.3, -0.25) is 4.79 Å². The van der Waals surface area contributed by atoms with Crippen LogP contribution in [0.3, 0.4) is 0 Å². The molecule has 1 aliphatic carbocycles. The van der Waals surface area contributed by atoms with Gasteiger partial charge in [-0.2, -0.15) is 0 Å². The Morgan fingerprint density at radius 1 is 1.29 bits per heavy atom. The molecule has 2 aromatic rings. The van der Waals surface area contributed by atoms with Crippen LogP contribution in [0.15, 0.2) is 24.4 Å². The summed E-state index contributed by atoms with van der Waals surface area (Å²) in [5, 5.41) is 4.40. The fraction of sp³-hybridized carbons (Fsp3) is 0.471. The first-order chi connectivity index (χ1) is 11.1. The van der Waals surface area contributed by atoms with Crippen molar-refractivity contribution in [1.29, 1.82) is 0 Å². The second-order valence-electron chi connectivity index (χ2n) is 7.28. The van der Waals surface area contributed by atoms with Gasteiger partial charge in [-0.15, -0.1) is 5.10 Å². The number of aromatic nitrogens is 3. The minimum atomic E-state index is -0.613. The number of ether oxygens (including phenoxy) is 1. The highest BCUT2D eigenvalue weighted by Crippen LogP contribution is 2.68. The van der Waals surface area contributed by atoms with E-state index in [9.17, 15) is 4.79 Å². The number of hydrogen-bond donors (Lipinski definition) is 1. The summed E-state index contributed by atoms with van der Waals surface area (Å²) in [6.45, 7) is 9.65. The number of nitrogens with two attached hydrogens (primary N) is 1. The highest BCUT2D eigenvalue weighted by atomic mass is 35.5. The molecule has 2 heterocycles. The monoisotopic (exact) mass is 348 g/mol. The number of halogens is 1. The molecule has 2 N–H and O–H groups in total. The molecule has 0 saturated heterocycles. The third-order valence-electron chi connectivity index (χ3n) is 5.62. The van der Waals surface area contributed by atoms with Gasteiger partial charge in [0.25, 0.3) is 5.91 Å². The summed E-state index contributed by atoms with van der Waals surface area (Å²) in [7, 11) is 0. The summed E-state index contributed by atoms with van der Waals surface area (Å²) in [5.41, 5.74) is 5.95. The third-order valence-corrected chi connectivity index (χ3v) is 5.90. The molecule has 1 amide bonds. The third kappa shape index (κ3) is 2.65. The second-order valence-corrected chi connectivity index (χ2v) is 7.64. The fourth-order valence-corrected chi connectivity index (χ4v) is 3.41. The summed E-state index contributed by atoms with van der Waals surface area (Å²) in [4.78, 5) is 15.3. The molecular weight excluding hydrogens is 328 g/mol. The van der Waals surface area contributed by atoms with Crippen LogP contribution in [0.1, 0.15) is 38.1 Å². The molecule has 0 bridgehead atoms. The molecule has 0 atom stereocenters. The Labute approximate surface area is 146 Å². The van der Waals surface area contributed by atoms with Crippen molar-refractivity contribution in [2.45, 2.75) is 27.7 Å². The van der Waals surface area contributed by atoms with Crippen molar-refractivity contribution in [3.8, 4) is 11.7 Å². The number of primary amides is 1. The molecule has 0 aromatic carbocycles. The molecule has 1 fully saturated rings. The maximum Gasteiger partial charge on any atom is 0.251 e. The molecular formula is C17H21ClN4O2. The number of hydrogen-bond acceptors (Lipinski definition) is 4. The largest absolute Gasteiger partial charge is 0.476 e. The maximum absolute atomic E-state index is 11.2. The standard InChI is InChI=1S/C17H21ClN4O2/c1-16(2)11(17(16,3)4)9-24-13-7-8-22(21-13)12-6-5-10(15(19)23)14(18)20-12/h5-8,11H,9H2,1-4H3,(H2,19,23). The van der Waals surface area contributed by atoms with Gasteiger partial charge in [0, 0.05) is 18.2 Å². The highest BCUT2D eigenvalue weighted by Gasteiger charge is 2.64. The van der Waals surface area contributed by atoms with Crippen LogP contribution in [-0.2, 0) is 0 Å². The lowest BCUT2D eigenvalue weighted by atomic mass is 10.0. The van der Waals surface area contributed by atoms with Gasteiger partial charge in [-0.05, 0) is 23.0 Å². The van der Waals surface area contributed by atoms with Crippen molar-refractivity contribution in [1.82, 2.24) is 14.8 Å². The van der Waals surface area contributed by atoms with Crippen molar-refractivity contribution < 1.29 is 9.53 Å². The van der Waals surface area contributed by atoms with Crippen LogP contribution < -0.4 is 10.5 Å². The summed E-state index contributed by atoms with van der Waals surface area (Å²) < 4.78 is 7.38. The van der Waals surface area contributed by atoms with Crippen LogP contribution >= 0.6 is 11.6 Å². The van der Waals surface area contributed by atoms with Crippen LogP contribution in [0.2, 0.25) is 5.15 Å². The van der Waals surface area contributed by atoms with E-state index in [0.717, 1.165) is 0 Å². The minimum absolute atomic E-state index is 0.0550.